The summed E-state index contributed by atoms with van der Waals surface area (Å²) in [5.74, 6) is -0.499. The zero-order valence-electron chi connectivity index (χ0n) is 11.4. The number of benzene rings is 1. The van der Waals surface area contributed by atoms with Crippen LogP contribution in [-0.2, 0) is 10.0 Å². The van der Waals surface area contributed by atoms with Crippen molar-refractivity contribution in [3.05, 3.63) is 22.7 Å². The van der Waals surface area contributed by atoms with Crippen LogP contribution in [-0.4, -0.2) is 34.4 Å². The summed E-state index contributed by atoms with van der Waals surface area (Å²) >= 11 is 2.93. The van der Waals surface area contributed by atoms with Crippen molar-refractivity contribution in [2.75, 3.05) is 19.6 Å². The van der Waals surface area contributed by atoms with Crippen LogP contribution in [0, 0.1) is 0 Å². The molecule has 1 aromatic rings. The number of hydrogen-bond acceptors (Lipinski definition) is 4. The monoisotopic (exact) mass is 426 g/mol. The second kappa shape index (κ2) is 8.92. The molecular weight excluding hydrogens is 413 g/mol. The first kappa shape index (κ1) is 21.4. The van der Waals surface area contributed by atoms with Crippen molar-refractivity contribution in [2.24, 2.45) is 0 Å². The van der Waals surface area contributed by atoms with Gasteiger partial charge in [0.2, 0.25) is 10.0 Å². The highest BCUT2D eigenvalue weighted by molar-refractivity contribution is 9.10. The van der Waals surface area contributed by atoms with E-state index in [1.54, 1.807) is 0 Å². The van der Waals surface area contributed by atoms with Gasteiger partial charge in [-0.05, 0) is 40.7 Å². The summed E-state index contributed by atoms with van der Waals surface area (Å²) in [5, 5.41) is 2.94. The highest BCUT2D eigenvalue weighted by Crippen LogP contribution is 2.29. The highest BCUT2D eigenvalue weighted by atomic mass is 79.9. The average Bonchev–Trinajstić information content (AvgIpc) is 2.32. The van der Waals surface area contributed by atoms with E-state index in [0.717, 1.165) is 18.2 Å². The van der Waals surface area contributed by atoms with Crippen LogP contribution in [0.4, 0.5) is 13.2 Å². The maximum Gasteiger partial charge on any atom is 0.573 e. The first-order valence-corrected chi connectivity index (χ1v) is 8.19. The molecule has 0 aromatic heterocycles. The van der Waals surface area contributed by atoms with Crippen LogP contribution in [0.25, 0.3) is 0 Å². The Hall–Kier alpha value is -0.550. The van der Waals surface area contributed by atoms with Crippen molar-refractivity contribution in [3.63, 3.8) is 0 Å². The Morgan fingerprint density at radius 1 is 1.27 bits per heavy atom. The van der Waals surface area contributed by atoms with Gasteiger partial charge in [0.05, 0.1) is 4.90 Å². The molecule has 0 heterocycles. The lowest BCUT2D eigenvalue weighted by atomic mass is 10.3. The summed E-state index contributed by atoms with van der Waals surface area (Å²) in [6.07, 6.45) is -4.83. The number of alkyl halides is 3. The summed E-state index contributed by atoms with van der Waals surface area (Å²) in [6.45, 7) is 3.20. The third kappa shape index (κ3) is 7.14. The number of rotatable bonds is 7. The van der Waals surface area contributed by atoms with Gasteiger partial charge in [-0.15, -0.1) is 25.6 Å². The van der Waals surface area contributed by atoms with Crippen LogP contribution in [0.1, 0.15) is 6.92 Å². The predicted octanol–water partition coefficient (Wildman–Crippen LogP) is 2.66. The van der Waals surface area contributed by atoms with Gasteiger partial charge in [-0.25, -0.2) is 13.1 Å². The van der Waals surface area contributed by atoms with Crippen molar-refractivity contribution in [1.82, 2.24) is 10.0 Å². The standard InChI is InChI=1S/C11H14BrF3N2O3S.ClH/c1-2-16-5-6-17-21(18,19)10-4-3-8(7-9(10)12)20-11(13,14)15;/h3-4,7,16-17H,2,5-6H2,1H3;1H. The van der Waals surface area contributed by atoms with E-state index >= 15 is 0 Å². The molecule has 0 atom stereocenters. The molecule has 0 amide bonds. The highest BCUT2D eigenvalue weighted by Gasteiger charge is 2.31. The molecule has 0 aliphatic rings. The van der Waals surface area contributed by atoms with Gasteiger partial charge in [0.15, 0.2) is 0 Å². The van der Waals surface area contributed by atoms with E-state index in [1.807, 2.05) is 6.92 Å². The van der Waals surface area contributed by atoms with Crippen molar-refractivity contribution >= 4 is 38.4 Å². The molecule has 22 heavy (non-hydrogen) atoms. The molecule has 0 aliphatic heterocycles. The molecule has 0 spiro atoms. The summed E-state index contributed by atoms with van der Waals surface area (Å²) in [4.78, 5) is -0.159. The van der Waals surface area contributed by atoms with E-state index in [1.165, 1.54) is 0 Å². The molecule has 0 unspecified atom stereocenters. The van der Waals surface area contributed by atoms with Crippen molar-refractivity contribution in [1.29, 1.82) is 0 Å². The van der Waals surface area contributed by atoms with Gasteiger partial charge in [0.25, 0.3) is 0 Å². The van der Waals surface area contributed by atoms with Crippen LogP contribution in [0.15, 0.2) is 27.6 Å². The normalized spacial score (nSPS) is 11.9. The number of halogens is 5. The maximum absolute atomic E-state index is 12.1. The lowest BCUT2D eigenvalue weighted by Crippen LogP contribution is -2.32. The zero-order valence-corrected chi connectivity index (χ0v) is 14.6. The van der Waals surface area contributed by atoms with Gasteiger partial charge in [-0.1, -0.05) is 6.92 Å². The van der Waals surface area contributed by atoms with Gasteiger partial charge >= 0.3 is 6.36 Å². The van der Waals surface area contributed by atoms with E-state index in [9.17, 15) is 21.6 Å². The van der Waals surface area contributed by atoms with Crippen molar-refractivity contribution < 1.29 is 26.3 Å². The summed E-state index contributed by atoms with van der Waals surface area (Å²) in [6, 6.07) is 2.93. The van der Waals surface area contributed by atoms with E-state index < -0.39 is 22.1 Å². The minimum Gasteiger partial charge on any atom is -0.406 e. The molecule has 0 fully saturated rings. The summed E-state index contributed by atoms with van der Waals surface area (Å²) in [7, 11) is -3.81. The number of likely N-dealkylation sites (N-methyl/N-ethyl adjacent to an activating group) is 1. The minimum absolute atomic E-state index is 0. The molecule has 2 N–H and O–H groups in total. The molecule has 0 bridgehead atoms. The molecule has 0 saturated heterocycles. The largest absolute Gasteiger partial charge is 0.573 e. The number of sulfonamides is 1. The first-order chi connectivity index (χ1) is 9.65. The maximum atomic E-state index is 12.1. The zero-order chi connectivity index (χ0) is 16.1. The molecule has 0 saturated carbocycles. The minimum atomic E-state index is -4.83. The third-order valence-electron chi connectivity index (χ3n) is 2.27. The average molecular weight is 428 g/mol. The van der Waals surface area contributed by atoms with E-state index in [-0.39, 0.29) is 28.3 Å². The smallest absolute Gasteiger partial charge is 0.406 e. The van der Waals surface area contributed by atoms with Crippen LogP contribution in [0.3, 0.4) is 0 Å². The lowest BCUT2D eigenvalue weighted by molar-refractivity contribution is -0.274. The number of ether oxygens (including phenoxy) is 1. The van der Waals surface area contributed by atoms with Crippen molar-refractivity contribution in [2.45, 2.75) is 18.2 Å². The Morgan fingerprint density at radius 2 is 1.91 bits per heavy atom. The third-order valence-corrected chi connectivity index (χ3v) is 4.71. The first-order valence-electron chi connectivity index (χ1n) is 5.91. The second-order valence-corrected chi connectivity index (χ2v) is 6.48. The summed E-state index contributed by atoms with van der Waals surface area (Å²) in [5.41, 5.74) is 0. The molecule has 128 valence electrons. The lowest BCUT2D eigenvalue weighted by Gasteiger charge is -2.12. The fourth-order valence-electron chi connectivity index (χ4n) is 1.42. The molecule has 1 aromatic carbocycles. The van der Waals surface area contributed by atoms with Crippen LogP contribution in [0.5, 0.6) is 5.75 Å². The Bertz CT molecular complexity index is 584. The van der Waals surface area contributed by atoms with E-state index in [0.29, 0.717) is 13.1 Å². The fraction of sp³-hybridized carbons (Fsp3) is 0.455. The SMILES string of the molecule is CCNCCNS(=O)(=O)c1ccc(OC(F)(F)F)cc1Br.Cl. The molecule has 1 rings (SSSR count). The molecule has 11 heteroatoms. The number of hydrogen-bond donors (Lipinski definition) is 2. The van der Waals surface area contributed by atoms with Gasteiger partial charge in [-0.2, -0.15) is 0 Å². The van der Waals surface area contributed by atoms with E-state index in [2.05, 4.69) is 30.7 Å². The quantitative estimate of drug-likeness (QED) is 0.657. The van der Waals surface area contributed by atoms with Crippen LogP contribution < -0.4 is 14.8 Å². The topological polar surface area (TPSA) is 67.4 Å². The Morgan fingerprint density at radius 3 is 2.41 bits per heavy atom. The summed E-state index contributed by atoms with van der Waals surface area (Å²) < 4.78 is 66.2. The van der Waals surface area contributed by atoms with Gasteiger partial charge in [0.1, 0.15) is 5.75 Å². The number of nitrogens with one attached hydrogen (secondary N) is 2. The van der Waals surface area contributed by atoms with Crippen LogP contribution in [0.2, 0.25) is 0 Å². The van der Waals surface area contributed by atoms with Gasteiger partial charge in [-0.3, -0.25) is 0 Å². The Balaban J connectivity index is 0.00000441. The van der Waals surface area contributed by atoms with E-state index in [4.69, 9.17) is 0 Å². The molecular formula is C11H15BrClF3N2O3S. The molecule has 0 radical (unpaired) electrons. The van der Waals surface area contributed by atoms with Gasteiger partial charge in [0, 0.05) is 17.6 Å². The second-order valence-electron chi connectivity index (χ2n) is 3.89. The van der Waals surface area contributed by atoms with Gasteiger partial charge < -0.3 is 10.1 Å². The Kier molecular flexibility index (Phi) is 8.70. The fourth-order valence-corrected chi connectivity index (χ4v) is 3.51. The molecule has 5 nitrogen and oxygen atoms in total. The van der Waals surface area contributed by atoms with Crippen molar-refractivity contribution in [3.8, 4) is 5.75 Å². The Labute approximate surface area is 141 Å². The molecule has 0 aliphatic carbocycles. The predicted molar refractivity (Wildman–Crippen MR) is 81.8 cm³/mol. The van der Waals surface area contributed by atoms with Crippen LogP contribution >= 0.6 is 28.3 Å².